The van der Waals surface area contributed by atoms with Crippen LogP contribution in [-0.2, 0) is 19.8 Å². The van der Waals surface area contributed by atoms with Crippen LogP contribution in [0.15, 0.2) is 18.2 Å². The Hall–Kier alpha value is -1.03. The summed E-state index contributed by atoms with van der Waals surface area (Å²) in [5, 5.41) is 0. The van der Waals surface area contributed by atoms with Crippen LogP contribution in [-0.4, -0.2) is 19.8 Å². The summed E-state index contributed by atoms with van der Waals surface area (Å²) in [6, 6.07) is 5.33. The number of hydrogen-bond acceptors (Lipinski definition) is 5. The lowest BCUT2D eigenvalue weighted by atomic mass is 10.2. The van der Waals surface area contributed by atoms with Crippen LogP contribution in [0.4, 0.5) is 5.69 Å². The van der Waals surface area contributed by atoms with Crippen molar-refractivity contribution >= 4 is 13.3 Å². The predicted octanol–water partition coefficient (Wildman–Crippen LogP) is 3.43. The number of ether oxygens (including phenoxy) is 1. The summed E-state index contributed by atoms with van der Waals surface area (Å²) >= 11 is 0. The Morgan fingerprint density at radius 1 is 1.11 bits per heavy atom. The molecule has 0 amide bonds. The van der Waals surface area contributed by atoms with Gasteiger partial charge in [-0.1, -0.05) is 6.07 Å². The highest BCUT2D eigenvalue weighted by Gasteiger charge is 2.24. The summed E-state index contributed by atoms with van der Waals surface area (Å²) in [4.78, 5) is 0. The van der Waals surface area contributed by atoms with Crippen LogP contribution in [0.5, 0.6) is 5.75 Å². The quantitative estimate of drug-likeness (QED) is 0.586. The van der Waals surface area contributed by atoms with Crippen LogP contribution in [0, 0.1) is 0 Å². The van der Waals surface area contributed by atoms with Crippen molar-refractivity contribution in [3.8, 4) is 5.75 Å². The van der Waals surface area contributed by atoms with Crippen molar-refractivity contribution < 1.29 is 18.3 Å². The zero-order chi connectivity index (χ0) is 14.3. The molecule has 0 atom stereocenters. The van der Waals surface area contributed by atoms with Crippen molar-refractivity contribution in [3.63, 3.8) is 0 Å². The van der Waals surface area contributed by atoms with Gasteiger partial charge in [-0.05, 0) is 38.5 Å². The number of rotatable bonds is 8. The second-order valence-corrected chi connectivity index (χ2v) is 5.96. The molecule has 0 saturated carbocycles. The van der Waals surface area contributed by atoms with E-state index in [1.54, 1.807) is 26.0 Å². The first-order chi connectivity index (χ1) is 9.04. The molecule has 5 nitrogen and oxygen atoms in total. The van der Waals surface area contributed by atoms with E-state index in [9.17, 15) is 4.57 Å². The number of hydrogen-bond donors (Lipinski definition) is 1. The number of anilines is 1. The SMILES string of the molecule is CCOc1cc(CP(=O)(OCC)OCC)ccc1N. The van der Waals surface area contributed by atoms with Gasteiger partial charge in [-0.15, -0.1) is 0 Å². The average Bonchev–Trinajstić information content (AvgIpc) is 2.34. The highest BCUT2D eigenvalue weighted by atomic mass is 31.2. The standard InChI is InChI=1S/C13H22NO4P/c1-4-16-13-9-11(7-8-12(13)14)10-19(15,17-5-2)18-6-3/h7-9H,4-6,10,14H2,1-3H3. The van der Waals surface area contributed by atoms with Crippen molar-refractivity contribution in [1.29, 1.82) is 0 Å². The van der Waals surface area contributed by atoms with E-state index in [2.05, 4.69) is 0 Å². The highest BCUT2D eigenvalue weighted by Crippen LogP contribution is 2.51. The van der Waals surface area contributed by atoms with E-state index in [-0.39, 0.29) is 6.16 Å². The molecule has 6 heteroatoms. The smallest absolute Gasteiger partial charge is 0.335 e. The van der Waals surface area contributed by atoms with Gasteiger partial charge in [-0.3, -0.25) is 4.57 Å². The summed E-state index contributed by atoms with van der Waals surface area (Å²) in [5.74, 6) is 0.597. The van der Waals surface area contributed by atoms with Gasteiger partial charge in [0.25, 0.3) is 0 Å². The molecule has 0 bridgehead atoms. The minimum atomic E-state index is -3.09. The fourth-order valence-electron chi connectivity index (χ4n) is 1.70. The predicted molar refractivity (Wildman–Crippen MR) is 76.6 cm³/mol. The number of benzene rings is 1. The van der Waals surface area contributed by atoms with Crippen LogP contribution in [0.2, 0.25) is 0 Å². The maximum atomic E-state index is 12.4. The Morgan fingerprint density at radius 2 is 1.74 bits per heavy atom. The summed E-state index contributed by atoms with van der Waals surface area (Å²) in [6.07, 6.45) is 0.217. The van der Waals surface area contributed by atoms with Gasteiger partial charge in [0.2, 0.25) is 0 Å². The lowest BCUT2D eigenvalue weighted by Gasteiger charge is -2.17. The Labute approximate surface area is 114 Å². The van der Waals surface area contributed by atoms with Crippen LogP contribution in [0.1, 0.15) is 26.3 Å². The topological polar surface area (TPSA) is 70.8 Å². The largest absolute Gasteiger partial charge is 0.492 e. The summed E-state index contributed by atoms with van der Waals surface area (Å²) in [7, 11) is -3.09. The van der Waals surface area contributed by atoms with Crippen molar-refractivity contribution in [1.82, 2.24) is 0 Å². The van der Waals surface area contributed by atoms with Gasteiger partial charge in [0.15, 0.2) is 0 Å². The van der Waals surface area contributed by atoms with Gasteiger partial charge in [-0.2, -0.15) is 0 Å². The molecule has 1 aromatic rings. The van der Waals surface area contributed by atoms with Gasteiger partial charge < -0.3 is 19.5 Å². The Morgan fingerprint density at radius 3 is 2.26 bits per heavy atom. The van der Waals surface area contributed by atoms with E-state index >= 15 is 0 Å². The number of nitrogens with two attached hydrogens (primary N) is 1. The molecule has 19 heavy (non-hydrogen) atoms. The first-order valence-corrected chi connectivity index (χ1v) is 8.16. The van der Waals surface area contributed by atoms with Crippen molar-refractivity contribution in [2.45, 2.75) is 26.9 Å². The molecule has 1 rings (SSSR count). The minimum absolute atomic E-state index is 0.217. The second kappa shape index (κ2) is 7.53. The maximum Gasteiger partial charge on any atom is 0.335 e. The molecule has 0 saturated heterocycles. The number of nitrogen functional groups attached to an aromatic ring is 1. The van der Waals surface area contributed by atoms with E-state index in [0.717, 1.165) is 5.56 Å². The van der Waals surface area contributed by atoms with Crippen molar-refractivity contribution in [3.05, 3.63) is 23.8 Å². The van der Waals surface area contributed by atoms with E-state index < -0.39 is 7.60 Å². The third-order valence-corrected chi connectivity index (χ3v) is 4.46. The van der Waals surface area contributed by atoms with Crippen LogP contribution >= 0.6 is 7.60 Å². The molecule has 0 aliphatic heterocycles. The first kappa shape index (κ1) is 16.0. The Kier molecular flexibility index (Phi) is 6.35. The van der Waals surface area contributed by atoms with E-state index in [1.807, 2.05) is 13.0 Å². The summed E-state index contributed by atoms with van der Waals surface area (Å²) in [5.41, 5.74) is 7.19. The average molecular weight is 287 g/mol. The molecule has 0 heterocycles. The molecule has 2 N–H and O–H groups in total. The zero-order valence-corrected chi connectivity index (χ0v) is 12.6. The van der Waals surface area contributed by atoms with Gasteiger partial charge >= 0.3 is 7.60 Å². The first-order valence-electron chi connectivity index (χ1n) is 6.44. The summed E-state index contributed by atoms with van der Waals surface area (Å²) in [6.45, 7) is 6.70. The van der Waals surface area contributed by atoms with E-state index in [4.69, 9.17) is 19.5 Å². The monoisotopic (exact) mass is 287 g/mol. The Bertz CT molecular complexity index is 440. The van der Waals surface area contributed by atoms with Gasteiger partial charge in [0.05, 0.1) is 31.7 Å². The molecule has 0 spiro atoms. The lowest BCUT2D eigenvalue weighted by Crippen LogP contribution is -2.01. The molecular weight excluding hydrogens is 265 g/mol. The molecule has 0 aliphatic rings. The van der Waals surface area contributed by atoms with E-state index in [0.29, 0.717) is 31.3 Å². The van der Waals surface area contributed by atoms with Gasteiger partial charge in [0.1, 0.15) is 5.75 Å². The Balaban J connectivity index is 2.90. The maximum absolute atomic E-state index is 12.4. The minimum Gasteiger partial charge on any atom is -0.492 e. The van der Waals surface area contributed by atoms with Gasteiger partial charge in [0, 0.05) is 0 Å². The van der Waals surface area contributed by atoms with Crippen molar-refractivity contribution in [2.75, 3.05) is 25.6 Å². The fourth-order valence-corrected chi connectivity index (χ4v) is 3.39. The van der Waals surface area contributed by atoms with Gasteiger partial charge in [-0.25, -0.2) is 0 Å². The van der Waals surface area contributed by atoms with E-state index in [1.165, 1.54) is 0 Å². The molecule has 0 aromatic heterocycles. The van der Waals surface area contributed by atoms with Crippen LogP contribution in [0.3, 0.4) is 0 Å². The second-order valence-electron chi connectivity index (χ2n) is 3.91. The van der Waals surface area contributed by atoms with Crippen LogP contribution < -0.4 is 10.5 Å². The molecule has 0 radical (unpaired) electrons. The zero-order valence-electron chi connectivity index (χ0n) is 11.7. The fraction of sp³-hybridized carbons (Fsp3) is 0.538. The molecular formula is C13H22NO4P. The molecule has 1 aromatic carbocycles. The third-order valence-electron chi connectivity index (χ3n) is 2.41. The van der Waals surface area contributed by atoms with Crippen LogP contribution in [0.25, 0.3) is 0 Å². The third kappa shape index (κ3) is 4.86. The normalized spacial score (nSPS) is 11.5. The van der Waals surface area contributed by atoms with Crippen molar-refractivity contribution in [2.24, 2.45) is 0 Å². The molecule has 108 valence electrons. The summed E-state index contributed by atoms with van der Waals surface area (Å²) < 4.78 is 28.4. The molecule has 0 fully saturated rings. The lowest BCUT2D eigenvalue weighted by molar-refractivity contribution is 0.219. The molecule has 0 unspecified atom stereocenters. The molecule has 0 aliphatic carbocycles. The highest BCUT2D eigenvalue weighted by molar-refractivity contribution is 7.53.